The van der Waals surface area contributed by atoms with E-state index in [1.807, 2.05) is 12.5 Å². The molecule has 0 amide bonds. The average molecular weight is 196 g/mol. The van der Waals surface area contributed by atoms with Crippen molar-refractivity contribution in [3.05, 3.63) is 0 Å². The first kappa shape index (κ1) is 11.6. The van der Waals surface area contributed by atoms with Crippen LogP contribution < -0.4 is 0 Å². The lowest BCUT2D eigenvalue weighted by Crippen LogP contribution is -2.30. The number of thioether (sulfide) groups is 2. The van der Waals surface area contributed by atoms with E-state index < -0.39 is 4.93 Å². The Morgan fingerprint density at radius 1 is 1.45 bits per heavy atom. The first-order chi connectivity index (χ1) is 5.18. The lowest BCUT2D eigenvalue weighted by molar-refractivity contribution is 0.0376. The van der Waals surface area contributed by atoms with Crippen molar-refractivity contribution in [1.82, 2.24) is 0 Å². The summed E-state index contributed by atoms with van der Waals surface area (Å²) < 4.78 is 4.91. The molecule has 0 fully saturated rings. The Bertz CT molecular complexity index is 100. The molecule has 0 saturated heterocycles. The van der Waals surface area contributed by atoms with Crippen LogP contribution in [-0.4, -0.2) is 42.0 Å². The predicted molar refractivity (Wildman–Crippen MR) is 53.3 cm³/mol. The van der Waals surface area contributed by atoms with Gasteiger partial charge in [-0.05, 0) is 24.7 Å². The Morgan fingerprint density at radius 3 is 2.45 bits per heavy atom. The highest BCUT2D eigenvalue weighted by molar-refractivity contribution is 8.00. The van der Waals surface area contributed by atoms with Crippen LogP contribution in [-0.2, 0) is 4.74 Å². The second kappa shape index (κ2) is 6.17. The predicted octanol–water partition coefficient (Wildman–Crippen LogP) is 1.44. The first-order valence-corrected chi connectivity index (χ1v) is 6.06. The third-order valence-corrected chi connectivity index (χ3v) is 3.14. The molecule has 1 N–H and O–H groups in total. The van der Waals surface area contributed by atoms with Gasteiger partial charge in [-0.2, -0.15) is 11.8 Å². The number of rotatable bonds is 6. The molecular formula is C7H16O2S2. The molecule has 2 nitrogen and oxygen atoms in total. The van der Waals surface area contributed by atoms with Crippen molar-refractivity contribution >= 4 is 23.5 Å². The van der Waals surface area contributed by atoms with Gasteiger partial charge in [-0.1, -0.05) is 0 Å². The second-order valence-electron chi connectivity index (χ2n) is 2.33. The summed E-state index contributed by atoms with van der Waals surface area (Å²) in [5, 5.41) is 9.78. The van der Waals surface area contributed by atoms with Gasteiger partial charge >= 0.3 is 0 Å². The largest absolute Gasteiger partial charge is 0.381 e. The fourth-order valence-corrected chi connectivity index (χ4v) is 1.93. The third-order valence-electron chi connectivity index (χ3n) is 1.45. The van der Waals surface area contributed by atoms with E-state index in [2.05, 4.69) is 0 Å². The van der Waals surface area contributed by atoms with E-state index in [9.17, 15) is 5.11 Å². The van der Waals surface area contributed by atoms with Crippen LogP contribution in [0, 0.1) is 0 Å². The van der Waals surface area contributed by atoms with E-state index in [1.165, 1.54) is 11.8 Å². The van der Waals surface area contributed by atoms with Crippen LogP contribution in [0.5, 0.6) is 0 Å². The molecule has 0 rings (SSSR count). The average Bonchev–Trinajstić information content (AvgIpc) is 2.02. The molecule has 1 unspecified atom stereocenters. The van der Waals surface area contributed by atoms with Gasteiger partial charge in [-0.15, -0.1) is 11.8 Å². The third kappa shape index (κ3) is 4.95. The SMILES string of the molecule is COCC(O)(CCSC)SC. The minimum absolute atomic E-state index is 0.411. The van der Waals surface area contributed by atoms with Crippen molar-refractivity contribution in [2.24, 2.45) is 0 Å². The zero-order valence-corrected chi connectivity index (χ0v) is 8.93. The molecule has 0 bridgehead atoms. The Hall–Kier alpha value is 0.620. The van der Waals surface area contributed by atoms with Gasteiger partial charge in [0.25, 0.3) is 0 Å². The molecule has 0 aliphatic heterocycles. The van der Waals surface area contributed by atoms with Gasteiger partial charge in [0.2, 0.25) is 0 Å². The molecule has 0 heterocycles. The highest BCUT2D eigenvalue weighted by Crippen LogP contribution is 2.24. The van der Waals surface area contributed by atoms with Crippen LogP contribution in [0.3, 0.4) is 0 Å². The quantitative estimate of drug-likeness (QED) is 0.651. The maximum Gasteiger partial charge on any atom is 0.134 e. The fourth-order valence-electron chi connectivity index (χ4n) is 0.720. The number of ether oxygens (including phenoxy) is 1. The van der Waals surface area contributed by atoms with Gasteiger partial charge < -0.3 is 9.84 Å². The highest BCUT2D eigenvalue weighted by Gasteiger charge is 2.24. The van der Waals surface area contributed by atoms with E-state index in [-0.39, 0.29) is 0 Å². The fraction of sp³-hybridized carbons (Fsp3) is 1.00. The van der Waals surface area contributed by atoms with E-state index in [4.69, 9.17) is 4.74 Å². The maximum absolute atomic E-state index is 9.78. The van der Waals surface area contributed by atoms with Crippen LogP contribution >= 0.6 is 23.5 Å². The lowest BCUT2D eigenvalue weighted by Gasteiger charge is -2.24. The normalized spacial score (nSPS) is 16.4. The Kier molecular flexibility index (Phi) is 6.52. The summed E-state index contributed by atoms with van der Waals surface area (Å²) in [5.74, 6) is 0.973. The maximum atomic E-state index is 9.78. The van der Waals surface area contributed by atoms with Gasteiger partial charge in [0.15, 0.2) is 0 Å². The molecule has 11 heavy (non-hydrogen) atoms. The standard InChI is InChI=1S/C7H16O2S2/c1-9-6-7(8,11-3)4-5-10-2/h8H,4-6H2,1-3H3. The smallest absolute Gasteiger partial charge is 0.134 e. The van der Waals surface area contributed by atoms with E-state index >= 15 is 0 Å². The van der Waals surface area contributed by atoms with Crippen LogP contribution in [0.4, 0.5) is 0 Å². The molecule has 0 spiro atoms. The van der Waals surface area contributed by atoms with Crippen molar-refractivity contribution in [2.45, 2.75) is 11.4 Å². The second-order valence-corrected chi connectivity index (χ2v) is 4.48. The summed E-state index contributed by atoms with van der Waals surface area (Å²) in [6, 6.07) is 0. The molecule has 0 aliphatic carbocycles. The molecule has 4 heteroatoms. The van der Waals surface area contributed by atoms with Gasteiger partial charge in [0.1, 0.15) is 4.93 Å². The summed E-state index contributed by atoms with van der Waals surface area (Å²) in [6.07, 6.45) is 4.72. The van der Waals surface area contributed by atoms with E-state index in [0.717, 1.165) is 12.2 Å². The molecule has 0 saturated carbocycles. The van der Waals surface area contributed by atoms with E-state index in [0.29, 0.717) is 6.61 Å². The zero-order chi connectivity index (χ0) is 8.74. The monoisotopic (exact) mass is 196 g/mol. The molecular weight excluding hydrogens is 180 g/mol. The van der Waals surface area contributed by atoms with Crippen LogP contribution in [0.15, 0.2) is 0 Å². The molecule has 0 aromatic rings. The number of hydrogen-bond donors (Lipinski definition) is 1. The highest BCUT2D eigenvalue weighted by atomic mass is 32.2. The Balaban J connectivity index is 3.68. The van der Waals surface area contributed by atoms with Crippen molar-refractivity contribution < 1.29 is 9.84 Å². The van der Waals surface area contributed by atoms with E-state index in [1.54, 1.807) is 18.9 Å². The van der Waals surface area contributed by atoms with Crippen LogP contribution in [0.1, 0.15) is 6.42 Å². The minimum atomic E-state index is -0.683. The van der Waals surface area contributed by atoms with Gasteiger partial charge in [0.05, 0.1) is 6.61 Å². The van der Waals surface area contributed by atoms with Gasteiger partial charge in [0, 0.05) is 7.11 Å². The van der Waals surface area contributed by atoms with Crippen molar-refractivity contribution in [1.29, 1.82) is 0 Å². The lowest BCUT2D eigenvalue weighted by atomic mass is 10.3. The molecule has 0 aromatic carbocycles. The van der Waals surface area contributed by atoms with Crippen LogP contribution in [0.2, 0.25) is 0 Å². The van der Waals surface area contributed by atoms with Crippen molar-refractivity contribution in [2.75, 3.05) is 32.0 Å². The number of methoxy groups -OCH3 is 1. The number of aliphatic hydroxyl groups is 1. The summed E-state index contributed by atoms with van der Waals surface area (Å²) in [7, 11) is 1.61. The summed E-state index contributed by atoms with van der Waals surface area (Å²) >= 11 is 3.19. The summed E-state index contributed by atoms with van der Waals surface area (Å²) in [5.41, 5.74) is 0. The Labute approximate surface area is 77.1 Å². The number of hydrogen-bond acceptors (Lipinski definition) is 4. The molecule has 0 aliphatic rings. The van der Waals surface area contributed by atoms with Gasteiger partial charge in [-0.25, -0.2) is 0 Å². The first-order valence-electron chi connectivity index (χ1n) is 3.44. The zero-order valence-electron chi connectivity index (χ0n) is 7.29. The molecule has 68 valence electrons. The molecule has 0 radical (unpaired) electrons. The molecule has 1 atom stereocenters. The summed E-state index contributed by atoms with van der Waals surface area (Å²) in [6.45, 7) is 0.411. The topological polar surface area (TPSA) is 29.5 Å². The van der Waals surface area contributed by atoms with Crippen molar-refractivity contribution in [3.63, 3.8) is 0 Å². The Morgan fingerprint density at radius 2 is 2.09 bits per heavy atom. The van der Waals surface area contributed by atoms with Crippen molar-refractivity contribution in [3.8, 4) is 0 Å². The summed E-state index contributed by atoms with van der Waals surface area (Å²) in [4.78, 5) is -0.683. The molecule has 0 aromatic heterocycles. The minimum Gasteiger partial charge on any atom is -0.381 e. The van der Waals surface area contributed by atoms with Gasteiger partial charge in [-0.3, -0.25) is 0 Å². The van der Waals surface area contributed by atoms with Crippen LogP contribution in [0.25, 0.3) is 0 Å².